The van der Waals surface area contributed by atoms with Gasteiger partial charge in [0.25, 0.3) is 5.89 Å². The van der Waals surface area contributed by atoms with Crippen LogP contribution in [0.15, 0.2) is 4.52 Å². The summed E-state index contributed by atoms with van der Waals surface area (Å²) in [5, 5.41) is 7.86. The van der Waals surface area contributed by atoms with Gasteiger partial charge < -0.3 is 10.3 Å². The molecule has 1 unspecified atom stereocenters. The van der Waals surface area contributed by atoms with Crippen molar-refractivity contribution in [1.82, 2.24) is 19.7 Å². The summed E-state index contributed by atoms with van der Waals surface area (Å²) in [6.07, 6.45) is 1.87. The van der Waals surface area contributed by atoms with E-state index in [9.17, 15) is 0 Å². The van der Waals surface area contributed by atoms with Crippen LogP contribution in [0.2, 0.25) is 0 Å². The quantitative estimate of drug-likeness (QED) is 0.870. The van der Waals surface area contributed by atoms with Crippen LogP contribution >= 0.6 is 11.5 Å². The fourth-order valence-electron chi connectivity index (χ4n) is 1.28. The van der Waals surface area contributed by atoms with Crippen molar-refractivity contribution in [2.24, 2.45) is 5.73 Å². The van der Waals surface area contributed by atoms with E-state index in [4.69, 9.17) is 10.3 Å². The maximum Gasteiger partial charge on any atom is 0.271 e. The Bertz CT molecular complexity index is 464. The summed E-state index contributed by atoms with van der Waals surface area (Å²) in [6.45, 7) is 3.90. The second kappa shape index (κ2) is 4.67. The van der Waals surface area contributed by atoms with Gasteiger partial charge in [0.15, 0.2) is 5.82 Å². The lowest BCUT2D eigenvalue weighted by Gasteiger charge is -1.94. The summed E-state index contributed by atoms with van der Waals surface area (Å²) in [4.78, 5) is 5.07. The van der Waals surface area contributed by atoms with Crippen LogP contribution < -0.4 is 5.73 Å². The van der Waals surface area contributed by atoms with Crippen LogP contribution in [0.25, 0.3) is 10.8 Å². The molecule has 0 spiro atoms. The minimum absolute atomic E-state index is 0.229. The first-order chi connectivity index (χ1) is 7.72. The SMILES string of the molecule is CCCc1nnsc1-c1nc(C(C)N)no1. The average Bonchev–Trinajstić information content (AvgIpc) is 2.84. The van der Waals surface area contributed by atoms with E-state index in [2.05, 4.69) is 26.7 Å². The summed E-state index contributed by atoms with van der Waals surface area (Å²) in [7, 11) is 0. The molecule has 7 heteroatoms. The zero-order chi connectivity index (χ0) is 11.5. The molecule has 0 radical (unpaired) electrons. The summed E-state index contributed by atoms with van der Waals surface area (Å²) in [5.41, 5.74) is 6.57. The van der Waals surface area contributed by atoms with Crippen LogP contribution in [0.5, 0.6) is 0 Å². The predicted octanol–water partition coefficient (Wildman–Crippen LogP) is 1.56. The van der Waals surface area contributed by atoms with Crippen molar-refractivity contribution in [2.45, 2.75) is 32.7 Å². The third kappa shape index (κ3) is 2.10. The molecule has 0 aliphatic rings. The molecule has 2 rings (SSSR count). The van der Waals surface area contributed by atoms with E-state index >= 15 is 0 Å². The van der Waals surface area contributed by atoms with E-state index in [0.717, 1.165) is 23.4 Å². The van der Waals surface area contributed by atoms with Gasteiger partial charge in [-0.1, -0.05) is 23.0 Å². The Kier molecular flexibility index (Phi) is 3.25. The van der Waals surface area contributed by atoms with Gasteiger partial charge in [-0.05, 0) is 24.9 Å². The van der Waals surface area contributed by atoms with Gasteiger partial charge in [-0.25, -0.2) is 0 Å². The second-order valence-corrected chi connectivity index (χ2v) is 4.30. The number of rotatable bonds is 4. The molecule has 16 heavy (non-hydrogen) atoms. The average molecular weight is 239 g/mol. The van der Waals surface area contributed by atoms with E-state index in [1.54, 1.807) is 0 Å². The van der Waals surface area contributed by atoms with E-state index in [1.165, 1.54) is 11.5 Å². The molecule has 0 fully saturated rings. The monoisotopic (exact) mass is 239 g/mol. The van der Waals surface area contributed by atoms with E-state index in [0.29, 0.717) is 11.7 Å². The minimum Gasteiger partial charge on any atom is -0.333 e. The summed E-state index contributed by atoms with van der Waals surface area (Å²) < 4.78 is 9.05. The summed E-state index contributed by atoms with van der Waals surface area (Å²) in [6, 6.07) is -0.229. The van der Waals surface area contributed by atoms with Crippen LogP contribution in [-0.4, -0.2) is 19.7 Å². The molecule has 0 amide bonds. The topological polar surface area (TPSA) is 90.7 Å². The highest BCUT2D eigenvalue weighted by molar-refractivity contribution is 7.09. The number of aryl methyl sites for hydroxylation is 1. The Labute approximate surface area is 97.0 Å². The lowest BCUT2D eigenvalue weighted by atomic mass is 10.2. The maximum atomic E-state index is 5.66. The van der Waals surface area contributed by atoms with Gasteiger partial charge in [-0.15, -0.1) is 5.10 Å². The molecule has 2 aromatic rings. The molecule has 0 bridgehead atoms. The van der Waals surface area contributed by atoms with Gasteiger partial charge in [0.05, 0.1) is 11.7 Å². The molecule has 86 valence electrons. The molecule has 2 N–H and O–H groups in total. The molecule has 0 aliphatic carbocycles. The molecule has 6 nitrogen and oxygen atoms in total. The first-order valence-electron chi connectivity index (χ1n) is 5.13. The molecule has 0 saturated carbocycles. The highest BCUT2D eigenvalue weighted by Crippen LogP contribution is 2.25. The van der Waals surface area contributed by atoms with Gasteiger partial charge in [0.2, 0.25) is 0 Å². The van der Waals surface area contributed by atoms with Crippen molar-refractivity contribution in [3.05, 3.63) is 11.5 Å². The van der Waals surface area contributed by atoms with Crippen LogP contribution in [-0.2, 0) is 6.42 Å². The first-order valence-corrected chi connectivity index (χ1v) is 5.90. The predicted molar refractivity (Wildman–Crippen MR) is 59.8 cm³/mol. The van der Waals surface area contributed by atoms with Gasteiger partial charge in [-0.2, -0.15) is 4.98 Å². The normalized spacial score (nSPS) is 12.9. The number of nitrogens with zero attached hydrogens (tertiary/aromatic N) is 4. The number of nitrogens with two attached hydrogens (primary N) is 1. The largest absolute Gasteiger partial charge is 0.333 e. The van der Waals surface area contributed by atoms with E-state index in [1.807, 2.05) is 6.92 Å². The third-order valence-corrected chi connectivity index (χ3v) is 2.84. The van der Waals surface area contributed by atoms with Crippen molar-refractivity contribution < 1.29 is 4.52 Å². The van der Waals surface area contributed by atoms with Crippen LogP contribution in [0.3, 0.4) is 0 Å². The molecular weight excluding hydrogens is 226 g/mol. The lowest BCUT2D eigenvalue weighted by molar-refractivity contribution is 0.418. The molecule has 0 aromatic carbocycles. The van der Waals surface area contributed by atoms with Gasteiger partial charge >= 0.3 is 0 Å². The molecule has 1 atom stereocenters. The maximum absolute atomic E-state index is 5.66. The van der Waals surface area contributed by atoms with Crippen molar-refractivity contribution >= 4 is 11.5 Å². The standard InChI is InChI=1S/C9H13N5OS/c1-3-4-6-7(16-14-12-6)9-11-8(5(2)10)13-15-9/h5H,3-4,10H2,1-2H3. The van der Waals surface area contributed by atoms with E-state index in [-0.39, 0.29) is 6.04 Å². The van der Waals surface area contributed by atoms with Crippen LogP contribution in [0.4, 0.5) is 0 Å². The Morgan fingerprint density at radius 3 is 2.94 bits per heavy atom. The first kappa shape index (κ1) is 11.2. The number of hydrogen-bond acceptors (Lipinski definition) is 7. The summed E-state index contributed by atoms with van der Waals surface area (Å²) in [5.74, 6) is 0.969. The second-order valence-electron chi connectivity index (χ2n) is 3.55. The number of hydrogen-bond donors (Lipinski definition) is 1. The van der Waals surface area contributed by atoms with Crippen molar-refractivity contribution in [3.63, 3.8) is 0 Å². The van der Waals surface area contributed by atoms with Gasteiger partial charge in [-0.3, -0.25) is 0 Å². The van der Waals surface area contributed by atoms with Crippen molar-refractivity contribution in [3.8, 4) is 10.8 Å². The lowest BCUT2D eigenvalue weighted by Crippen LogP contribution is -2.06. The Balaban J connectivity index is 2.31. The summed E-state index contributed by atoms with van der Waals surface area (Å²) >= 11 is 1.27. The molecule has 2 aromatic heterocycles. The zero-order valence-electron chi connectivity index (χ0n) is 9.17. The fraction of sp³-hybridized carbons (Fsp3) is 0.556. The smallest absolute Gasteiger partial charge is 0.271 e. The van der Waals surface area contributed by atoms with Gasteiger partial charge in [0, 0.05) is 0 Å². The van der Waals surface area contributed by atoms with Crippen molar-refractivity contribution in [1.29, 1.82) is 0 Å². The van der Waals surface area contributed by atoms with Gasteiger partial charge in [0.1, 0.15) is 4.88 Å². The Hall–Kier alpha value is -1.34. The molecule has 0 aliphatic heterocycles. The van der Waals surface area contributed by atoms with Crippen LogP contribution in [0, 0.1) is 0 Å². The molecule has 0 saturated heterocycles. The highest BCUT2D eigenvalue weighted by atomic mass is 32.1. The molecule has 2 heterocycles. The third-order valence-electron chi connectivity index (χ3n) is 2.09. The van der Waals surface area contributed by atoms with Crippen molar-refractivity contribution in [2.75, 3.05) is 0 Å². The minimum atomic E-state index is -0.229. The highest BCUT2D eigenvalue weighted by Gasteiger charge is 2.17. The zero-order valence-corrected chi connectivity index (χ0v) is 9.99. The Morgan fingerprint density at radius 2 is 2.31 bits per heavy atom. The molecular formula is C9H13N5OS. The fourth-order valence-corrected chi connectivity index (χ4v) is 1.91. The number of aromatic nitrogens is 4. The van der Waals surface area contributed by atoms with E-state index < -0.39 is 0 Å². The van der Waals surface area contributed by atoms with Crippen LogP contribution in [0.1, 0.15) is 37.8 Å². The Morgan fingerprint density at radius 1 is 1.50 bits per heavy atom.